The van der Waals surface area contributed by atoms with Gasteiger partial charge < -0.3 is 33.2 Å². The molecule has 6 rings (SSSR count). The lowest BCUT2D eigenvalue weighted by Crippen LogP contribution is -2.52. The van der Waals surface area contributed by atoms with Crippen molar-refractivity contribution < 1.29 is 42.7 Å². The molecule has 0 N–H and O–H groups in total. The van der Waals surface area contributed by atoms with Crippen LogP contribution < -0.4 is 0 Å². The Balaban J connectivity index is 1.50. The van der Waals surface area contributed by atoms with E-state index in [1.807, 2.05) is 19.1 Å². The van der Waals surface area contributed by atoms with Crippen molar-refractivity contribution in [2.75, 3.05) is 41.5 Å². The molecule has 0 amide bonds. The predicted octanol–water partition coefficient (Wildman–Crippen LogP) is 1.58. The van der Waals surface area contributed by atoms with Gasteiger partial charge >= 0.3 is 11.9 Å². The van der Waals surface area contributed by atoms with Crippen LogP contribution in [0.3, 0.4) is 0 Å². The normalized spacial score (nSPS) is 52.5. The van der Waals surface area contributed by atoms with Crippen LogP contribution in [0.5, 0.6) is 0 Å². The molecule has 4 aliphatic carbocycles. The van der Waals surface area contributed by atoms with E-state index in [1.165, 1.54) is 7.11 Å². The van der Waals surface area contributed by atoms with Crippen molar-refractivity contribution in [3.8, 4) is 0 Å². The molecule has 0 aromatic carbocycles. The highest BCUT2D eigenvalue weighted by molar-refractivity contribution is 5.87. The van der Waals surface area contributed by atoms with Crippen LogP contribution in [0, 0.1) is 28.6 Å². The minimum absolute atomic E-state index is 0.0349. The first kappa shape index (κ1) is 22.0. The number of hydrogen-bond acceptors (Lipinski definition) is 9. The maximum atomic E-state index is 13.6. The smallest absolute Gasteiger partial charge is 0.316 e. The van der Waals surface area contributed by atoms with E-state index in [4.69, 9.17) is 33.2 Å². The summed E-state index contributed by atoms with van der Waals surface area (Å²) in [4.78, 5) is 27.0. The zero-order valence-electron chi connectivity index (χ0n) is 19.6. The van der Waals surface area contributed by atoms with Gasteiger partial charge in [0.2, 0.25) is 0 Å². The van der Waals surface area contributed by atoms with E-state index in [-0.39, 0.29) is 31.4 Å². The summed E-state index contributed by atoms with van der Waals surface area (Å²) in [5.41, 5.74) is -3.32. The molecule has 0 unspecified atom stereocenters. The van der Waals surface area contributed by atoms with Gasteiger partial charge in [0.15, 0.2) is 0 Å². The van der Waals surface area contributed by atoms with Crippen molar-refractivity contribution in [3.63, 3.8) is 0 Å². The lowest BCUT2D eigenvalue weighted by molar-refractivity contribution is -0.182. The van der Waals surface area contributed by atoms with E-state index in [0.29, 0.717) is 19.4 Å². The lowest BCUT2D eigenvalue weighted by atomic mass is 9.61. The summed E-state index contributed by atoms with van der Waals surface area (Å²) in [6, 6.07) is 0. The van der Waals surface area contributed by atoms with Crippen LogP contribution in [0.1, 0.15) is 32.6 Å². The van der Waals surface area contributed by atoms with E-state index in [9.17, 15) is 9.59 Å². The first-order valence-corrected chi connectivity index (χ1v) is 11.7. The monoisotopic (exact) mass is 464 g/mol. The Bertz CT molecular complexity index is 914. The van der Waals surface area contributed by atoms with Crippen molar-refractivity contribution >= 4 is 11.9 Å². The summed E-state index contributed by atoms with van der Waals surface area (Å²) >= 11 is 0. The Morgan fingerprint density at radius 3 is 2.61 bits per heavy atom. The van der Waals surface area contributed by atoms with Crippen LogP contribution in [0.4, 0.5) is 0 Å². The molecule has 0 radical (unpaired) electrons. The number of rotatable bonds is 7. The third-order valence-electron chi connectivity index (χ3n) is 9.82. The maximum Gasteiger partial charge on any atom is 0.316 e. The fraction of sp³-hybridized carbons (Fsp3) is 0.833. The van der Waals surface area contributed by atoms with Crippen LogP contribution in [0.15, 0.2) is 12.2 Å². The zero-order valence-corrected chi connectivity index (χ0v) is 19.6. The molecule has 5 fully saturated rings. The second-order valence-electron chi connectivity index (χ2n) is 10.9. The number of fused-ring (bicyclic) bond motifs is 2. The van der Waals surface area contributed by atoms with E-state index in [2.05, 4.69) is 0 Å². The Hall–Kier alpha value is -1.52. The molecule has 182 valence electrons. The summed E-state index contributed by atoms with van der Waals surface area (Å²) in [5.74, 6) is -1.62. The quantitative estimate of drug-likeness (QED) is 0.240. The molecule has 9 heteroatoms. The summed E-state index contributed by atoms with van der Waals surface area (Å²) in [5, 5.41) is 0. The average molecular weight is 465 g/mol. The molecule has 9 atom stereocenters. The summed E-state index contributed by atoms with van der Waals surface area (Å²) in [6.07, 6.45) is 6.20. The molecule has 2 heterocycles. The summed E-state index contributed by atoms with van der Waals surface area (Å²) < 4.78 is 40.4. The lowest BCUT2D eigenvalue weighted by Gasteiger charge is -2.46. The molecule has 4 bridgehead atoms. The molecule has 2 saturated heterocycles. The molecule has 6 aliphatic rings. The van der Waals surface area contributed by atoms with E-state index >= 15 is 0 Å². The van der Waals surface area contributed by atoms with Crippen molar-refractivity contribution in [2.45, 2.75) is 55.5 Å². The third kappa shape index (κ3) is 2.35. The summed E-state index contributed by atoms with van der Waals surface area (Å²) in [6.45, 7) is 2.68. The van der Waals surface area contributed by atoms with Crippen LogP contribution >= 0.6 is 0 Å². The van der Waals surface area contributed by atoms with Gasteiger partial charge in [-0.05, 0) is 44.1 Å². The van der Waals surface area contributed by atoms with E-state index < -0.39 is 45.6 Å². The molecule has 33 heavy (non-hydrogen) atoms. The highest BCUT2D eigenvalue weighted by Crippen LogP contribution is 2.80. The maximum absolute atomic E-state index is 13.6. The number of carbonyl (C=O) groups is 2. The van der Waals surface area contributed by atoms with Crippen LogP contribution in [0.25, 0.3) is 0 Å². The van der Waals surface area contributed by atoms with Gasteiger partial charge in [-0.15, -0.1) is 0 Å². The molecule has 3 saturated carbocycles. The predicted molar refractivity (Wildman–Crippen MR) is 111 cm³/mol. The number of methoxy groups -OCH3 is 3. The van der Waals surface area contributed by atoms with Gasteiger partial charge in [0.05, 0.1) is 25.7 Å². The zero-order chi connectivity index (χ0) is 23.3. The van der Waals surface area contributed by atoms with Gasteiger partial charge in [-0.1, -0.05) is 6.08 Å². The second-order valence-corrected chi connectivity index (χ2v) is 10.9. The Morgan fingerprint density at radius 1 is 1.18 bits per heavy atom. The van der Waals surface area contributed by atoms with E-state index in [0.717, 1.165) is 12.8 Å². The molecular weight excluding hydrogens is 432 g/mol. The first-order chi connectivity index (χ1) is 15.8. The number of hydrogen-bond donors (Lipinski definition) is 0. The second kappa shape index (κ2) is 6.79. The van der Waals surface area contributed by atoms with Gasteiger partial charge in [0.25, 0.3) is 0 Å². The van der Waals surface area contributed by atoms with Crippen LogP contribution in [-0.2, 0) is 42.7 Å². The minimum atomic E-state index is -1.03. The molecule has 9 nitrogen and oxygen atoms in total. The minimum Gasteiger partial charge on any atom is -0.469 e. The van der Waals surface area contributed by atoms with Crippen LogP contribution in [0.2, 0.25) is 0 Å². The SMILES string of the molecule is COCO[C@H]1C=C[C@]23OC(=O)[C@@]1(C)[C@H]2[C@H](C(=O)OC)[C@]12C[C@]4(CO4)[C@](OCOC)(CC[C@H]13)C2. The first-order valence-electron chi connectivity index (χ1n) is 11.7. The van der Waals surface area contributed by atoms with Gasteiger partial charge in [-0.25, -0.2) is 0 Å². The topological polar surface area (TPSA) is 102 Å². The fourth-order valence-corrected chi connectivity index (χ4v) is 8.67. The highest BCUT2D eigenvalue weighted by atomic mass is 16.7. The van der Waals surface area contributed by atoms with Gasteiger partial charge in [-0.2, -0.15) is 0 Å². The number of epoxide rings is 1. The van der Waals surface area contributed by atoms with Crippen molar-refractivity contribution in [2.24, 2.45) is 28.6 Å². The number of esters is 2. The van der Waals surface area contributed by atoms with Crippen LogP contribution in [-0.4, -0.2) is 76.4 Å². The summed E-state index contributed by atoms with van der Waals surface area (Å²) in [7, 11) is 4.57. The van der Waals surface area contributed by atoms with Crippen molar-refractivity contribution in [3.05, 3.63) is 12.2 Å². The van der Waals surface area contributed by atoms with E-state index in [1.54, 1.807) is 14.2 Å². The van der Waals surface area contributed by atoms with Gasteiger partial charge in [-0.3, -0.25) is 9.59 Å². The molecule has 0 aromatic heterocycles. The van der Waals surface area contributed by atoms with Gasteiger partial charge in [0, 0.05) is 26.1 Å². The number of carbonyl (C=O) groups excluding carboxylic acids is 2. The largest absolute Gasteiger partial charge is 0.469 e. The average Bonchev–Trinajstić information content (AvgIpc) is 3.46. The highest BCUT2D eigenvalue weighted by Gasteiger charge is 2.88. The Labute approximate surface area is 193 Å². The van der Waals surface area contributed by atoms with Crippen molar-refractivity contribution in [1.82, 2.24) is 0 Å². The van der Waals surface area contributed by atoms with Crippen molar-refractivity contribution in [1.29, 1.82) is 0 Å². The Morgan fingerprint density at radius 2 is 1.94 bits per heavy atom. The molecular formula is C24H32O9. The third-order valence-corrected chi connectivity index (χ3v) is 9.82. The number of ether oxygens (including phenoxy) is 7. The fourth-order valence-electron chi connectivity index (χ4n) is 8.67. The standard InChI is InChI=1S/C24H32O9/c1-20-15(30-12-27-2)6-8-24(33-19(20)26)14-5-7-22(32-13-28-3)9-21(14,10-23(22)11-31-23)16(17(20)24)18(25)29-4/h6,8,14-17H,5,7,9-13H2,1-4H3/t14-,15+,16-,17-,20-,21-,22+,23+,24-/m1/s1. The molecule has 0 aromatic rings. The van der Waals surface area contributed by atoms with Gasteiger partial charge in [0.1, 0.15) is 35.8 Å². The Kier molecular flexibility index (Phi) is 4.52. The molecule has 2 spiro atoms. The molecule has 2 aliphatic heterocycles.